The zero-order valence-corrected chi connectivity index (χ0v) is 7.79. The van der Waals surface area contributed by atoms with Crippen LogP contribution in [0.5, 0.6) is 0 Å². The zero-order valence-electron chi connectivity index (χ0n) is 7.79. The molecule has 2 N–H and O–H groups in total. The van der Waals surface area contributed by atoms with Gasteiger partial charge in [0.05, 0.1) is 0 Å². The third-order valence-electron chi connectivity index (χ3n) is 2.10. The lowest BCUT2D eigenvalue weighted by Gasteiger charge is -1.97. The fourth-order valence-electron chi connectivity index (χ4n) is 1.44. The molecule has 0 aliphatic rings. The second kappa shape index (κ2) is 3.96. The van der Waals surface area contributed by atoms with E-state index in [1.807, 2.05) is 36.7 Å². The van der Waals surface area contributed by atoms with E-state index < -0.39 is 0 Å². The first kappa shape index (κ1) is 8.81. The molecule has 0 aromatic carbocycles. The molecule has 0 spiro atoms. The third kappa shape index (κ3) is 2.13. The number of hydrogen-bond donors (Lipinski definition) is 2. The highest BCUT2D eigenvalue weighted by Gasteiger charge is 2.05. The largest absolute Gasteiger partial charge is 0.365 e. The minimum absolute atomic E-state index is 0.218. The van der Waals surface area contributed by atoms with Gasteiger partial charge in [-0.25, -0.2) is 0 Å². The number of rotatable bonds is 4. The molecular weight excluding hydrogens is 176 g/mol. The molecule has 0 saturated carbocycles. The number of aromatic nitrogens is 2. The molecule has 0 amide bonds. The van der Waals surface area contributed by atoms with Crippen LogP contribution in [0.2, 0.25) is 0 Å². The summed E-state index contributed by atoms with van der Waals surface area (Å²) in [4.78, 5) is 17.6. The molecule has 3 nitrogen and oxygen atoms in total. The van der Waals surface area contributed by atoms with Crippen molar-refractivity contribution in [2.75, 3.05) is 0 Å². The molecule has 14 heavy (non-hydrogen) atoms. The average Bonchev–Trinajstić information content (AvgIpc) is 2.76. The van der Waals surface area contributed by atoms with Crippen molar-refractivity contribution in [2.24, 2.45) is 0 Å². The topological polar surface area (TPSA) is 48.6 Å². The number of nitrogens with one attached hydrogen (secondary N) is 2. The van der Waals surface area contributed by atoms with Crippen LogP contribution in [0.1, 0.15) is 11.4 Å². The van der Waals surface area contributed by atoms with Crippen LogP contribution in [0, 0.1) is 0 Å². The minimum Gasteiger partial charge on any atom is -0.365 e. The molecule has 0 radical (unpaired) electrons. The number of carbonyl (C=O) groups is 1. The van der Waals surface area contributed by atoms with Gasteiger partial charge in [-0.1, -0.05) is 0 Å². The van der Waals surface area contributed by atoms with Crippen LogP contribution in [0.25, 0.3) is 0 Å². The van der Waals surface area contributed by atoms with Crippen LogP contribution in [0.15, 0.2) is 36.7 Å². The first-order valence-electron chi connectivity index (χ1n) is 4.61. The summed E-state index contributed by atoms with van der Waals surface area (Å²) in [6, 6.07) is 7.65. The Bertz CT molecular complexity index is 349. The molecule has 2 rings (SSSR count). The molecule has 0 fully saturated rings. The summed E-state index contributed by atoms with van der Waals surface area (Å²) in [5.74, 6) is 0.218. The molecule has 2 heterocycles. The van der Waals surface area contributed by atoms with Crippen LogP contribution in [0.3, 0.4) is 0 Å². The van der Waals surface area contributed by atoms with Crippen molar-refractivity contribution < 1.29 is 4.79 Å². The minimum atomic E-state index is 0.218. The highest BCUT2D eigenvalue weighted by molar-refractivity contribution is 5.82. The number of ketones is 1. The van der Waals surface area contributed by atoms with Gasteiger partial charge < -0.3 is 9.97 Å². The summed E-state index contributed by atoms with van der Waals surface area (Å²) in [6.07, 6.45) is 4.62. The molecule has 2 aromatic rings. The summed E-state index contributed by atoms with van der Waals surface area (Å²) >= 11 is 0. The predicted molar refractivity (Wildman–Crippen MR) is 54.0 cm³/mol. The van der Waals surface area contributed by atoms with E-state index in [1.165, 1.54) is 0 Å². The third-order valence-corrected chi connectivity index (χ3v) is 2.10. The number of Topliss-reactive ketones (excluding diaryl/α,β-unsaturated/α-hetero) is 1. The number of H-pyrrole nitrogens is 2. The lowest BCUT2D eigenvalue weighted by Crippen LogP contribution is -2.06. The molecule has 0 saturated heterocycles. The Balaban J connectivity index is 1.91. The van der Waals surface area contributed by atoms with Gasteiger partial charge in [0.1, 0.15) is 5.78 Å². The van der Waals surface area contributed by atoms with E-state index in [0.717, 1.165) is 11.4 Å². The Morgan fingerprint density at radius 3 is 1.86 bits per heavy atom. The van der Waals surface area contributed by atoms with Crippen LogP contribution in [0.4, 0.5) is 0 Å². The Hall–Kier alpha value is -1.77. The smallest absolute Gasteiger partial charge is 0.144 e. The molecule has 2 aromatic heterocycles. The van der Waals surface area contributed by atoms with E-state index in [1.54, 1.807) is 0 Å². The van der Waals surface area contributed by atoms with E-state index in [0.29, 0.717) is 12.8 Å². The highest BCUT2D eigenvalue weighted by atomic mass is 16.1. The van der Waals surface area contributed by atoms with Crippen LogP contribution in [-0.4, -0.2) is 15.8 Å². The van der Waals surface area contributed by atoms with Crippen molar-refractivity contribution in [2.45, 2.75) is 12.8 Å². The monoisotopic (exact) mass is 188 g/mol. The number of hydrogen-bond acceptors (Lipinski definition) is 1. The lowest BCUT2D eigenvalue weighted by atomic mass is 10.1. The normalized spacial score (nSPS) is 10.3. The van der Waals surface area contributed by atoms with Gasteiger partial charge in [-0.15, -0.1) is 0 Å². The van der Waals surface area contributed by atoms with Crippen molar-refractivity contribution in [3.63, 3.8) is 0 Å². The molecule has 0 atom stereocenters. The van der Waals surface area contributed by atoms with Gasteiger partial charge in [-0.2, -0.15) is 0 Å². The zero-order chi connectivity index (χ0) is 9.80. The van der Waals surface area contributed by atoms with Crippen molar-refractivity contribution in [1.82, 2.24) is 9.97 Å². The summed E-state index contributed by atoms with van der Waals surface area (Å²) in [6.45, 7) is 0. The fourth-order valence-corrected chi connectivity index (χ4v) is 1.44. The van der Waals surface area contributed by atoms with E-state index in [2.05, 4.69) is 9.97 Å². The average molecular weight is 188 g/mol. The summed E-state index contributed by atoms with van der Waals surface area (Å²) in [5.41, 5.74) is 1.95. The second-order valence-electron chi connectivity index (χ2n) is 3.28. The molecule has 0 aliphatic carbocycles. The summed E-state index contributed by atoms with van der Waals surface area (Å²) < 4.78 is 0. The predicted octanol–water partition coefficient (Wildman–Crippen LogP) is 1.70. The highest BCUT2D eigenvalue weighted by Crippen LogP contribution is 2.01. The number of aromatic amines is 2. The van der Waals surface area contributed by atoms with E-state index in [9.17, 15) is 4.79 Å². The second-order valence-corrected chi connectivity index (χ2v) is 3.28. The molecular formula is C11H12N2O. The van der Waals surface area contributed by atoms with Gasteiger partial charge >= 0.3 is 0 Å². The summed E-state index contributed by atoms with van der Waals surface area (Å²) in [7, 11) is 0. The van der Waals surface area contributed by atoms with Crippen molar-refractivity contribution in [3.8, 4) is 0 Å². The van der Waals surface area contributed by atoms with Gasteiger partial charge in [0.2, 0.25) is 0 Å². The van der Waals surface area contributed by atoms with Gasteiger partial charge in [-0.05, 0) is 24.3 Å². The SMILES string of the molecule is O=C(Cc1ccc[nH]1)Cc1ccc[nH]1. The molecule has 0 unspecified atom stereocenters. The van der Waals surface area contributed by atoms with E-state index in [-0.39, 0.29) is 5.78 Å². The molecule has 0 aliphatic heterocycles. The molecule has 72 valence electrons. The van der Waals surface area contributed by atoms with E-state index >= 15 is 0 Å². The fraction of sp³-hybridized carbons (Fsp3) is 0.182. The maximum absolute atomic E-state index is 11.5. The number of carbonyl (C=O) groups excluding carboxylic acids is 1. The van der Waals surface area contributed by atoms with Gasteiger partial charge in [0.25, 0.3) is 0 Å². The van der Waals surface area contributed by atoms with Crippen molar-refractivity contribution in [1.29, 1.82) is 0 Å². The molecule has 3 heteroatoms. The lowest BCUT2D eigenvalue weighted by molar-refractivity contribution is -0.117. The van der Waals surface area contributed by atoms with Crippen molar-refractivity contribution >= 4 is 5.78 Å². The Morgan fingerprint density at radius 1 is 1.00 bits per heavy atom. The Morgan fingerprint density at radius 2 is 1.50 bits per heavy atom. The van der Waals surface area contributed by atoms with Crippen molar-refractivity contribution in [3.05, 3.63) is 48.0 Å². The van der Waals surface area contributed by atoms with Gasteiger partial charge in [0.15, 0.2) is 0 Å². The van der Waals surface area contributed by atoms with E-state index in [4.69, 9.17) is 0 Å². The standard InChI is InChI=1S/C11H12N2O/c14-11(7-9-3-1-5-12-9)8-10-4-2-6-13-10/h1-6,12-13H,7-8H2. The van der Waals surface area contributed by atoms with Crippen LogP contribution >= 0.6 is 0 Å². The van der Waals surface area contributed by atoms with Gasteiger partial charge in [0, 0.05) is 36.6 Å². The van der Waals surface area contributed by atoms with Gasteiger partial charge in [-0.3, -0.25) is 4.79 Å². The Kier molecular flexibility index (Phi) is 2.49. The first-order valence-corrected chi connectivity index (χ1v) is 4.61. The maximum Gasteiger partial charge on any atom is 0.144 e. The van der Waals surface area contributed by atoms with Crippen LogP contribution in [-0.2, 0) is 17.6 Å². The van der Waals surface area contributed by atoms with Crippen LogP contribution < -0.4 is 0 Å². The molecule has 0 bridgehead atoms. The first-order chi connectivity index (χ1) is 6.84. The quantitative estimate of drug-likeness (QED) is 0.753. The maximum atomic E-state index is 11.5. The summed E-state index contributed by atoms with van der Waals surface area (Å²) in [5, 5.41) is 0. The Labute approximate surface area is 82.2 Å².